The van der Waals surface area contributed by atoms with Crippen LogP contribution < -0.4 is 4.90 Å². The molecule has 2 aromatic rings. The lowest BCUT2D eigenvalue weighted by Crippen LogP contribution is -2.33. The Labute approximate surface area is 140 Å². The molecule has 2 rings (SSSR count). The molecule has 4 nitrogen and oxygen atoms in total. The molecule has 0 fully saturated rings. The molecule has 0 saturated heterocycles. The second kappa shape index (κ2) is 6.41. The van der Waals surface area contributed by atoms with Crippen LogP contribution in [0.25, 0.3) is 0 Å². The van der Waals surface area contributed by atoms with Gasteiger partial charge in [-0.1, -0.05) is 23.2 Å². The molecule has 0 saturated carbocycles. The summed E-state index contributed by atoms with van der Waals surface area (Å²) in [6, 6.07) is 4.47. The maximum absolute atomic E-state index is 12.6. The Morgan fingerprint density at radius 2 is 1.96 bits per heavy atom. The van der Waals surface area contributed by atoms with E-state index < -0.39 is 23.8 Å². The van der Waals surface area contributed by atoms with Crippen LogP contribution in [-0.4, -0.2) is 22.7 Å². The van der Waals surface area contributed by atoms with Crippen molar-refractivity contribution in [3.05, 3.63) is 46.2 Å². The fraction of sp³-hybridized carbons (Fsp3) is 0.286. The predicted molar refractivity (Wildman–Crippen MR) is 81.8 cm³/mol. The molecule has 0 radical (unpaired) electrons. The van der Waals surface area contributed by atoms with E-state index in [1.54, 1.807) is 6.07 Å². The molecule has 1 heterocycles. The van der Waals surface area contributed by atoms with Crippen molar-refractivity contribution in [2.24, 2.45) is 0 Å². The Balaban J connectivity index is 2.25. The smallest absolute Gasteiger partial charge is 0.312 e. The molecule has 1 aromatic heterocycles. The van der Waals surface area contributed by atoms with Gasteiger partial charge in [0.25, 0.3) is 5.91 Å². The summed E-state index contributed by atoms with van der Waals surface area (Å²) in [5, 5.41) is 4.09. The van der Waals surface area contributed by atoms with Gasteiger partial charge >= 0.3 is 6.18 Å². The zero-order valence-corrected chi connectivity index (χ0v) is 13.6. The van der Waals surface area contributed by atoms with Crippen molar-refractivity contribution >= 4 is 34.8 Å². The third-order valence-corrected chi connectivity index (χ3v) is 3.81. The first-order chi connectivity index (χ1) is 10.6. The summed E-state index contributed by atoms with van der Waals surface area (Å²) in [5.41, 5.74) is -0.695. The van der Waals surface area contributed by atoms with Crippen molar-refractivity contribution in [3.63, 3.8) is 0 Å². The van der Waals surface area contributed by atoms with Gasteiger partial charge in [-0.2, -0.15) is 18.3 Å². The van der Waals surface area contributed by atoms with Crippen molar-refractivity contribution in [2.45, 2.75) is 19.1 Å². The van der Waals surface area contributed by atoms with Gasteiger partial charge in [0.2, 0.25) is 0 Å². The number of aromatic nitrogens is 2. The van der Waals surface area contributed by atoms with Crippen molar-refractivity contribution in [1.29, 1.82) is 0 Å². The molecule has 0 bridgehead atoms. The number of rotatable bonds is 3. The van der Waals surface area contributed by atoms with Crippen molar-refractivity contribution in [1.82, 2.24) is 9.78 Å². The van der Waals surface area contributed by atoms with Crippen molar-refractivity contribution < 1.29 is 18.0 Å². The van der Waals surface area contributed by atoms with Crippen LogP contribution in [0, 0.1) is 0 Å². The summed E-state index contributed by atoms with van der Waals surface area (Å²) in [6.07, 6.45) is -3.45. The normalized spacial score (nSPS) is 13.0. The van der Waals surface area contributed by atoms with Crippen LogP contribution >= 0.6 is 23.2 Å². The number of amides is 1. The highest BCUT2D eigenvalue weighted by Gasteiger charge is 2.34. The molecule has 124 valence electrons. The van der Waals surface area contributed by atoms with Crippen LogP contribution in [-0.2, 0) is 11.0 Å². The fourth-order valence-electron chi connectivity index (χ4n) is 1.96. The molecule has 9 heteroatoms. The standard InChI is InChI=1S/C14H12Cl2F3N3O/c1-8(22-6-5-12(20-22)14(17,18)19)13(23)21(2)11-7-9(15)3-4-10(11)16/h3-8H,1-2H3. The number of hydrogen-bond acceptors (Lipinski definition) is 2. The van der Waals surface area contributed by atoms with E-state index in [0.717, 1.165) is 16.9 Å². The van der Waals surface area contributed by atoms with Crippen LogP contribution in [0.4, 0.5) is 18.9 Å². The zero-order chi connectivity index (χ0) is 17.4. The molecular weight excluding hydrogens is 354 g/mol. The molecule has 0 spiro atoms. The number of carbonyl (C=O) groups excluding carboxylic acids is 1. The second-order valence-corrected chi connectivity index (χ2v) is 5.69. The zero-order valence-electron chi connectivity index (χ0n) is 12.1. The summed E-state index contributed by atoms with van der Waals surface area (Å²) in [7, 11) is 1.46. The minimum Gasteiger partial charge on any atom is -0.312 e. The molecular formula is C14H12Cl2F3N3O. The lowest BCUT2D eigenvalue weighted by Gasteiger charge is -2.23. The van der Waals surface area contributed by atoms with E-state index in [2.05, 4.69) is 5.10 Å². The van der Waals surface area contributed by atoms with Crippen LogP contribution in [0.5, 0.6) is 0 Å². The molecule has 0 N–H and O–H groups in total. The van der Waals surface area contributed by atoms with Gasteiger partial charge in [0.05, 0.1) is 10.7 Å². The first kappa shape index (κ1) is 17.6. The van der Waals surface area contributed by atoms with Gasteiger partial charge in [0, 0.05) is 18.3 Å². The maximum atomic E-state index is 12.6. The highest BCUT2D eigenvalue weighted by molar-refractivity contribution is 6.35. The van der Waals surface area contributed by atoms with E-state index in [-0.39, 0.29) is 0 Å². The summed E-state index contributed by atoms with van der Waals surface area (Å²) in [4.78, 5) is 13.7. The minimum atomic E-state index is -4.56. The summed E-state index contributed by atoms with van der Waals surface area (Å²) >= 11 is 11.9. The van der Waals surface area contributed by atoms with E-state index in [9.17, 15) is 18.0 Å². The lowest BCUT2D eigenvalue weighted by molar-refractivity contribution is -0.141. The molecule has 0 aliphatic heterocycles. The first-order valence-corrected chi connectivity index (χ1v) is 7.22. The monoisotopic (exact) mass is 365 g/mol. The Morgan fingerprint density at radius 1 is 1.30 bits per heavy atom. The van der Waals surface area contributed by atoms with Gasteiger partial charge in [-0.05, 0) is 31.2 Å². The molecule has 1 aromatic carbocycles. The maximum Gasteiger partial charge on any atom is 0.435 e. The van der Waals surface area contributed by atoms with Crippen LogP contribution in [0.3, 0.4) is 0 Å². The van der Waals surface area contributed by atoms with Gasteiger partial charge in [-0.3, -0.25) is 9.48 Å². The number of carbonyl (C=O) groups is 1. The summed E-state index contributed by atoms with van der Waals surface area (Å²) in [5.74, 6) is -0.481. The largest absolute Gasteiger partial charge is 0.435 e. The molecule has 0 aliphatic rings. The lowest BCUT2D eigenvalue weighted by atomic mass is 10.2. The van der Waals surface area contributed by atoms with Crippen molar-refractivity contribution in [3.8, 4) is 0 Å². The third-order valence-electron chi connectivity index (χ3n) is 3.25. The van der Waals surface area contributed by atoms with Gasteiger partial charge in [-0.25, -0.2) is 0 Å². The summed E-state index contributed by atoms with van der Waals surface area (Å²) in [6.45, 7) is 1.45. The van der Waals surface area contributed by atoms with Crippen LogP contribution in [0.15, 0.2) is 30.5 Å². The van der Waals surface area contributed by atoms with E-state index in [1.807, 2.05) is 0 Å². The van der Waals surface area contributed by atoms with Gasteiger partial charge < -0.3 is 4.90 Å². The van der Waals surface area contributed by atoms with Crippen molar-refractivity contribution in [2.75, 3.05) is 11.9 Å². The fourth-order valence-corrected chi connectivity index (χ4v) is 2.37. The third kappa shape index (κ3) is 3.79. The highest BCUT2D eigenvalue weighted by Crippen LogP contribution is 2.30. The number of nitrogens with zero attached hydrogens (tertiary/aromatic N) is 3. The van der Waals surface area contributed by atoms with Crippen LogP contribution in [0.2, 0.25) is 10.0 Å². The average Bonchev–Trinajstić information content (AvgIpc) is 2.97. The molecule has 23 heavy (non-hydrogen) atoms. The minimum absolute atomic E-state index is 0.300. The van der Waals surface area contributed by atoms with Gasteiger partial charge in [0.1, 0.15) is 6.04 Å². The Bertz CT molecular complexity index is 730. The topological polar surface area (TPSA) is 38.1 Å². The number of hydrogen-bond donors (Lipinski definition) is 0. The number of anilines is 1. The number of alkyl halides is 3. The number of likely N-dealkylation sites (N-methyl/N-ethyl adjacent to an activating group) is 1. The average molecular weight is 366 g/mol. The van der Waals surface area contributed by atoms with E-state index in [1.165, 1.54) is 31.0 Å². The second-order valence-electron chi connectivity index (χ2n) is 4.85. The first-order valence-electron chi connectivity index (χ1n) is 6.46. The van der Waals surface area contributed by atoms with E-state index in [4.69, 9.17) is 23.2 Å². The van der Waals surface area contributed by atoms with Crippen LogP contribution in [0.1, 0.15) is 18.7 Å². The van der Waals surface area contributed by atoms with Gasteiger partial charge in [0.15, 0.2) is 5.69 Å². The molecule has 0 aliphatic carbocycles. The van der Waals surface area contributed by atoms with Gasteiger partial charge in [-0.15, -0.1) is 0 Å². The SMILES string of the molecule is CC(C(=O)N(C)c1cc(Cl)ccc1Cl)n1ccc(C(F)(F)F)n1. The quantitative estimate of drug-likeness (QED) is 0.806. The number of benzene rings is 1. The summed E-state index contributed by atoms with van der Waals surface area (Å²) < 4.78 is 38.7. The highest BCUT2D eigenvalue weighted by atomic mass is 35.5. The molecule has 1 amide bonds. The van der Waals surface area contributed by atoms with E-state index in [0.29, 0.717) is 15.7 Å². The molecule has 1 atom stereocenters. The Kier molecular flexibility index (Phi) is 4.91. The Hall–Kier alpha value is -1.73. The van der Waals surface area contributed by atoms with E-state index >= 15 is 0 Å². The Morgan fingerprint density at radius 3 is 2.52 bits per heavy atom. The predicted octanol–water partition coefficient (Wildman–Crippen LogP) is 4.43. The molecule has 1 unspecified atom stereocenters. The number of halogens is 5.